The molecule has 0 bridgehead atoms. The number of benzene rings is 1. The summed E-state index contributed by atoms with van der Waals surface area (Å²) in [5.74, 6) is 0.808. The lowest BCUT2D eigenvalue weighted by Crippen LogP contribution is -2.66. The summed E-state index contributed by atoms with van der Waals surface area (Å²) in [6, 6.07) is 5.90. The molecule has 0 aliphatic carbocycles. The molecule has 3 aliphatic rings. The van der Waals surface area contributed by atoms with E-state index in [9.17, 15) is 4.79 Å². The SMILES string of the molecule is COc1ccc(N2C=C3C(=O)NC(N4CCCC4)NC3N2)c(C)c1. The predicted octanol–water partition coefficient (Wildman–Crippen LogP) is 0.637. The molecule has 3 heterocycles. The average Bonchev–Trinajstić information content (AvgIpc) is 3.24. The lowest BCUT2D eigenvalue weighted by atomic mass is 10.1. The van der Waals surface area contributed by atoms with Crippen molar-refractivity contribution in [1.29, 1.82) is 0 Å². The van der Waals surface area contributed by atoms with Gasteiger partial charge in [-0.2, -0.15) is 0 Å². The smallest absolute Gasteiger partial charge is 0.254 e. The number of rotatable bonds is 3. The summed E-state index contributed by atoms with van der Waals surface area (Å²) < 4.78 is 5.26. The van der Waals surface area contributed by atoms with Gasteiger partial charge in [0, 0.05) is 19.3 Å². The minimum atomic E-state index is -0.175. The Morgan fingerprint density at radius 2 is 2.04 bits per heavy atom. The number of anilines is 1. The molecule has 7 heteroatoms. The number of amides is 1. The van der Waals surface area contributed by atoms with Crippen LogP contribution < -0.4 is 25.8 Å². The monoisotopic (exact) mass is 329 g/mol. The topological polar surface area (TPSA) is 68.9 Å². The summed E-state index contributed by atoms with van der Waals surface area (Å²) in [7, 11) is 1.66. The van der Waals surface area contributed by atoms with Gasteiger partial charge in [-0.3, -0.25) is 20.0 Å². The van der Waals surface area contributed by atoms with E-state index in [-0.39, 0.29) is 18.4 Å². The van der Waals surface area contributed by atoms with Gasteiger partial charge >= 0.3 is 0 Å². The van der Waals surface area contributed by atoms with Crippen LogP contribution in [-0.2, 0) is 4.79 Å². The van der Waals surface area contributed by atoms with Gasteiger partial charge in [0.05, 0.1) is 18.4 Å². The Labute approximate surface area is 141 Å². The van der Waals surface area contributed by atoms with Crippen LogP contribution in [0.1, 0.15) is 18.4 Å². The molecular formula is C17H23N5O2. The van der Waals surface area contributed by atoms with E-state index in [0.29, 0.717) is 5.57 Å². The number of carbonyl (C=O) groups is 1. The van der Waals surface area contributed by atoms with E-state index in [1.807, 2.05) is 36.3 Å². The van der Waals surface area contributed by atoms with Crippen LogP contribution in [0.25, 0.3) is 0 Å². The van der Waals surface area contributed by atoms with Gasteiger partial charge in [-0.1, -0.05) is 0 Å². The first-order valence-corrected chi connectivity index (χ1v) is 8.38. The molecule has 1 aromatic rings. The first-order chi connectivity index (χ1) is 11.7. The van der Waals surface area contributed by atoms with Crippen molar-refractivity contribution in [1.82, 2.24) is 21.0 Å². The Hall–Kier alpha value is -2.09. The average molecular weight is 329 g/mol. The summed E-state index contributed by atoms with van der Waals surface area (Å²) in [6.07, 6.45) is 3.96. The highest BCUT2D eigenvalue weighted by molar-refractivity contribution is 5.96. The minimum absolute atomic E-state index is 0.0168. The normalized spacial score (nSPS) is 27.0. The third-order valence-electron chi connectivity index (χ3n) is 4.87. The van der Waals surface area contributed by atoms with Gasteiger partial charge in [0.1, 0.15) is 18.2 Å². The van der Waals surface area contributed by atoms with Gasteiger partial charge in [-0.15, -0.1) is 0 Å². The van der Waals surface area contributed by atoms with Crippen LogP contribution in [0, 0.1) is 6.92 Å². The van der Waals surface area contributed by atoms with Crippen LogP contribution in [0.3, 0.4) is 0 Å². The van der Waals surface area contributed by atoms with Gasteiger partial charge in [0.2, 0.25) is 0 Å². The summed E-state index contributed by atoms with van der Waals surface area (Å²) in [5.41, 5.74) is 6.16. The number of hydrazine groups is 1. The summed E-state index contributed by atoms with van der Waals surface area (Å²) in [6.45, 7) is 4.07. The lowest BCUT2D eigenvalue weighted by Gasteiger charge is -2.36. The number of fused-ring (bicyclic) bond motifs is 1. The quantitative estimate of drug-likeness (QED) is 0.756. The summed E-state index contributed by atoms with van der Waals surface area (Å²) in [5, 5.41) is 8.44. The number of carbonyl (C=O) groups excluding carboxylic acids is 1. The maximum absolute atomic E-state index is 12.5. The second kappa shape index (κ2) is 6.08. The number of likely N-dealkylation sites (tertiary alicyclic amines) is 1. The van der Waals surface area contributed by atoms with E-state index in [1.54, 1.807) is 7.11 Å². The highest BCUT2D eigenvalue weighted by atomic mass is 16.5. The Morgan fingerprint density at radius 1 is 1.25 bits per heavy atom. The number of aryl methyl sites for hydroxylation is 1. The van der Waals surface area contributed by atoms with Gasteiger partial charge in [-0.05, 0) is 43.5 Å². The number of hydrogen-bond acceptors (Lipinski definition) is 6. The van der Waals surface area contributed by atoms with Crippen molar-refractivity contribution < 1.29 is 9.53 Å². The number of methoxy groups -OCH3 is 1. The van der Waals surface area contributed by atoms with E-state index in [0.717, 1.165) is 30.1 Å². The minimum Gasteiger partial charge on any atom is -0.497 e. The van der Waals surface area contributed by atoms with E-state index in [2.05, 4.69) is 21.0 Å². The largest absolute Gasteiger partial charge is 0.497 e. The molecule has 0 saturated carbocycles. The second-order valence-electron chi connectivity index (χ2n) is 6.45. The van der Waals surface area contributed by atoms with E-state index < -0.39 is 0 Å². The highest BCUT2D eigenvalue weighted by Gasteiger charge is 2.38. The second-order valence-corrected chi connectivity index (χ2v) is 6.45. The maximum Gasteiger partial charge on any atom is 0.254 e. The summed E-state index contributed by atoms with van der Waals surface area (Å²) >= 11 is 0. The fourth-order valence-corrected chi connectivity index (χ4v) is 3.54. The zero-order valence-electron chi connectivity index (χ0n) is 14.0. The molecule has 3 aliphatic heterocycles. The summed E-state index contributed by atoms with van der Waals surface area (Å²) in [4.78, 5) is 14.7. The van der Waals surface area contributed by atoms with Gasteiger partial charge in [-0.25, -0.2) is 5.43 Å². The molecule has 3 N–H and O–H groups in total. The fourth-order valence-electron chi connectivity index (χ4n) is 3.54. The predicted molar refractivity (Wildman–Crippen MR) is 91.1 cm³/mol. The van der Waals surface area contributed by atoms with Crippen LogP contribution >= 0.6 is 0 Å². The molecule has 2 atom stereocenters. The van der Waals surface area contributed by atoms with Crippen LogP contribution in [0.2, 0.25) is 0 Å². The first-order valence-electron chi connectivity index (χ1n) is 8.38. The molecule has 1 aromatic carbocycles. The van der Waals surface area contributed by atoms with Gasteiger partial charge in [0.25, 0.3) is 5.91 Å². The van der Waals surface area contributed by atoms with Crippen molar-refractivity contribution in [3.63, 3.8) is 0 Å². The zero-order valence-corrected chi connectivity index (χ0v) is 14.0. The fraction of sp³-hybridized carbons (Fsp3) is 0.471. The molecule has 2 unspecified atom stereocenters. The maximum atomic E-state index is 12.5. The molecule has 0 aromatic heterocycles. The Bertz CT molecular complexity index is 684. The number of hydrogen-bond donors (Lipinski definition) is 3. The van der Waals surface area contributed by atoms with Crippen LogP contribution in [-0.4, -0.2) is 43.5 Å². The number of nitrogens with zero attached hydrogens (tertiary/aromatic N) is 2. The van der Waals surface area contributed by atoms with Crippen molar-refractivity contribution in [3.05, 3.63) is 35.5 Å². The van der Waals surface area contributed by atoms with Crippen molar-refractivity contribution in [3.8, 4) is 5.75 Å². The molecule has 4 rings (SSSR count). The van der Waals surface area contributed by atoms with Crippen LogP contribution in [0.5, 0.6) is 5.75 Å². The first kappa shape index (κ1) is 15.4. The molecule has 2 saturated heterocycles. The molecule has 2 fully saturated rings. The number of ether oxygens (including phenoxy) is 1. The molecule has 128 valence electrons. The van der Waals surface area contributed by atoms with Crippen molar-refractivity contribution in [2.45, 2.75) is 32.2 Å². The Kier molecular flexibility index (Phi) is 3.91. The third-order valence-corrected chi connectivity index (χ3v) is 4.87. The molecule has 0 radical (unpaired) electrons. The third kappa shape index (κ3) is 2.64. The molecule has 7 nitrogen and oxygen atoms in total. The molecule has 24 heavy (non-hydrogen) atoms. The van der Waals surface area contributed by atoms with Crippen molar-refractivity contribution >= 4 is 11.6 Å². The van der Waals surface area contributed by atoms with Crippen molar-refractivity contribution in [2.75, 3.05) is 25.2 Å². The standard InChI is InChI=1S/C17H23N5O2/c1-11-9-12(24-2)5-6-14(11)22-10-13-15(20-22)18-17(19-16(13)23)21-7-3-4-8-21/h5-6,9-10,15,17-18,20H,3-4,7-8H2,1-2H3,(H,19,23). The number of nitrogens with one attached hydrogen (secondary N) is 3. The Balaban J connectivity index is 1.53. The molecule has 1 amide bonds. The Morgan fingerprint density at radius 3 is 2.75 bits per heavy atom. The highest BCUT2D eigenvalue weighted by Crippen LogP contribution is 2.28. The van der Waals surface area contributed by atoms with E-state index in [4.69, 9.17) is 4.74 Å². The van der Waals surface area contributed by atoms with Crippen LogP contribution in [0.4, 0.5) is 5.69 Å². The van der Waals surface area contributed by atoms with Gasteiger partial charge < -0.3 is 10.1 Å². The van der Waals surface area contributed by atoms with Crippen LogP contribution in [0.15, 0.2) is 30.0 Å². The molecular weight excluding hydrogens is 306 g/mol. The zero-order chi connectivity index (χ0) is 16.7. The van der Waals surface area contributed by atoms with Gasteiger partial charge in [0.15, 0.2) is 0 Å². The van der Waals surface area contributed by atoms with E-state index in [1.165, 1.54) is 12.8 Å². The lowest BCUT2D eigenvalue weighted by molar-refractivity contribution is -0.121. The molecule has 0 spiro atoms. The van der Waals surface area contributed by atoms with E-state index >= 15 is 0 Å². The van der Waals surface area contributed by atoms with Crippen molar-refractivity contribution in [2.24, 2.45) is 0 Å².